The minimum Gasteiger partial charge on any atom is -0.496 e. The van der Waals surface area contributed by atoms with Gasteiger partial charge in [-0.1, -0.05) is 18.9 Å². The Hall–Kier alpha value is -2.94. The Bertz CT molecular complexity index is 1130. The number of carbonyl (C=O) groups excluding carboxylic acids is 1. The molecule has 3 aromatic rings. The molecule has 2 aromatic heterocycles. The number of hydrogen-bond donors (Lipinski definition) is 1. The molecule has 0 aliphatic carbocycles. The number of nitrogens with zero attached hydrogens (tertiary/aromatic N) is 3. The zero-order chi connectivity index (χ0) is 22.7. The molecule has 1 aromatic carbocycles. The molecule has 0 spiro atoms. The molecule has 1 fully saturated rings. The van der Waals surface area contributed by atoms with E-state index >= 15 is 0 Å². The quantitative estimate of drug-likeness (QED) is 0.510. The molecule has 9 heteroatoms. The standard InChI is InChI=1S/C23H27FN4O3S/c1-4-32-26-18-11-15(10-17(24)22(18)31-3)19-13-25-21-12-20(30-2)16(14-28(19)21)23(29)27-8-6-5-7-9-27/h10-14,26H,4-9H2,1-3H3. The van der Waals surface area contributed by atoms with E-state index < -0.39 is 5.82 Å². The molecule has 4 rings (SSSR count). The lowest BCUT2D eigenvalue weighted by Gasteiger charge is -2.27. The first-order chi connectivity index (χ1) is 15.6. The molecule has 0 saturated carbocycles. The fourth-order valence-electron chi connectivity index (χ4n) is 3.99. The van der Waals surface area contributed by atoms with Crippen LogP contribution in [0.3, 0.4) is 0 Å². The molecule has 1 aliphatic rings. The molecule has 0 unspecified atom stereocenters. The van der Waals surface area contributed by atoms with Gasteiger partial charge in [0.15, 0.2) is 11.6 Å². The van der Waals surface area contributed by atoms with Crippen LogP contribution in [0.25, 0.3) is 16.9 Å². The summed E-state index contributed by atoms with van der Waals surface area (Å²) < 4.78 is 30.5. The largest absolute Gasteiger partial charge is 0.496 e. The summed E-state index contributed by atoms with van der Waals surface area (Å²) >= 11 is 1.45. The van der Waals surface area contributed by atoms with Crippen molar-refractivity contribution in [2.45, 2.75) is 26.2 Å². The van der Waals surface area contributed by atoms with E-state index in [2.05, 4.69) is 9.71 Å². The van der Waals surface area contributed by atoms with Gasteiger partial charge in [0.1, 0.15) is 11.4 Å². The van der Waals surface area contributed by atoms with Crippen molar-refractivity contribution < 1.29 is 18.7 Å². The maximum atomic E-state index is 14.8. The van der Waals surface area contributed by atoms with E-state index in [1.807, 2.05) is 17.9 Å². The topological polar surface area (TPSA) is 68.1 Å². The molecule has 1 N–H and O–H groups in total. The highest BCUT2D eigenvalue weighted by Crippen LogP contribution is 2.36. The maximum Gasteiger partial charge on any atom is 0.259 e. The number of pyridine rings is 1. The van der Waals surface area contributed by atoms with Crippen LogP contribution in [0.4, 0.5) is 10.1 Å². The van der Waals surface area contributed by atoms with Crippen molar-refractivity contribution in [1.29, 1.82) is 0 Å². The van der Waals surface area contributed by atoms with Gasteiger partial charge in [-0.05, 0) is 31.4 Å². The van der Waals surface area contributed by atoms with Crippen LogP contribution in [0.1, 0.15) is 36.5 Å². The second kappa shape index (κ2) is 9.68. The number of likely N-dealkylation sites (tertiary alicyclic amines) is 1. The molecule has 3 heterocycles. The Morgan fingerprint density at radius 2 is 1.97 bits per heavy atom. The highest BCUT2D eigenvalue weighted by Gasteiger charge is 2.23. The van der Waals surface area contributed by atoms with Gasteiger partial charge >= 0.3 is 0 Å². The fraction of sp³-hybridized carbons (Fsp3) is 0.391. The Morgan fingerprint density at radius 3 is 2.66 bits per heavy atom. The molecular weight excluding hydrogens is 431 g/mol. The summed E-state index contributed by atoms with van der Waals surface area (Å²) in [5.41, 5.74) is 2.91. The van der Waals surface area contributed by atoms with Crippen molar-refractivity contribution in [3.63, 3.8) is 0 Å². The molecule has 1 aliphatic heterocycles. The molecular formula is C23H27FN4O3S. The summed E-state index contributed by atoms with van der Waals surface area (Å²) in [4.78, 5) is 19.5. The molecule has 0 bridgehead atoms. The van der Waals surface area contributed by atoms with Crippen LogP contribution in [0.5, 0.6) is 11.5 Å². The lowest BCUT2D eigenvalue weighted by molar-refractivity contribution is 0.0720. The number of halogens is 1. The number of carbonyl (C=O) groups is 1. The first kappa shape index (κ1) is 22.3. The van der Waals surface area contributed by atoms with Gasteiger partial charge in [0, 0.05) is 36.7 Å². The second-order valence-electron chi connectivity index (χ2n) is 7.55. The Kier molecular flexibility index (Phi) is 6.74. The van der Waals surface area contributed by atoms with Crippen LogP contribution in [0.15, 0.2) is 30.6 Å². The number of rotatable bonds is 7. The fourth-order valence-corrected chi connectivity index (χ4v) is 4.44. The van der Waals surface area contributed by atoms with E-state index in [1.165, 1.54) is 25.1 Å². The highest BCUT2D eigenvalue weighted by molar-refractivity contribution is 8.00. The van der Waals surface area contributed by atoms with Crippen molar-refractivity contribution in [2.24, 2.45) is 0 Å². The van der Waals surface area contributed by atoms with Crippen LogP contribution in [-0.2, 0) is 0 Å². The number of imidazole rings is 1. The number of benzene rings is 1. The molecule has 0 radical (unpaired) electrons. The van der Waals surface area contributed by atoms with Crippen LogP contribution in [-0.4, -0.2) is 53.3 Å². The Labute approximate surface area is 191 Å². The predicted molar refractivity (Wildman–Crippen MR) is 125 cm³/mol. The van der Waals surface area contributed by atoms with Crippen molar-refractivity contribution in [2.75, 3.05) is 37.8 Å². The van der Waals surface area contributed by atoms with Crippen molar-refractivity contribution >= 4 is 29.2 Å². The minimum absolute atomic E-state index is 0.0642. The van der Waals surface area contributed by atoms with Crippen LogP contribution in [0.2, 0.25) is 0 Å². The van der Waals surface area contributed by atoms with Crippen LogP contribution >= 0.6 is 11.9 Å². The average Bonchev–Trinajstić information content (AvgIpc) is 3.24. The zero-order valence-electron chi connectivity index (χ0n) is 18.5. The highest BCUT2D eigenvalue weighted by atomic mass is 32.2. The number of hydrogen-bond acceptors (Lipinski definition) is 6. The number of piperidine rings is 1. The number of nitrogens with one attached hydrogen (secondary N) is 1. The van der Waals surface area contributed by atoms with Gasteiger partial charge in [-0.2, -0.15) is 0 Å². The third kappa shape index (κ3) is 4.21. The molecule has 1 saturated heterocycles. The van der Waals surface area contributed by atoms with Gasteiger partial charge in [0.2, 0.25) is 0 Å². The van der Waals surface area contributed by atoms with Crippen molar-refractivity contribution in [1.82, 2.24) is 14.3 Å². The maximum absolute atomic E-state index is 14.8. The predicted octanol–water partition coefficient (Wildman–Crippen LogP) is 4.86. The first-order valence-electron chi connectivity index (χ1n) is 10.7. The summed E-state index contributed by atoms with van der Waals surface area (Å²) in [6.07, 6.45) is 6.55. The number of anilines is 1. The van der Waals surface area contributed by atoms with Gasteiger partial charge < -0.3 is 19.1 Å². The van der Waals surface area contributed by atoms with E-state index in [9.17, 15) is 9.18 Å². The lowest BCUT2D eigenvalue weighted by Crippen LogP contribution is -2.35. The summed E-state index contributed by atoms with van der Waals surface area (Å²) in [7, 11) is 2.99. The Balaban J connectivity index is 1.80. The van der Waals surface area contributed by atoms with Crippen LogP contribution in [0, 0.1) is 5.82 Å². The van der Waals surface area contributed by atoms with Crippen molar-refractivity contribution in [3.8, 4) is 22.8 Å². The van der Waals surface area contributed by atoms with E-state index in [0.29, 0.717) is 33.9 Å². The summed E-state index contributed by atoms with van der Waals surface area (Å²) in [5, 5.41) is 0. The van der Waals surface area contributed by atoms with Gasteiger partial charge in [-0.3, -0.25) is 9.20 Å². The van der Waals surface area contributed by atoms with Gasteiger partial charge in [0.25, 0.3) is 5.91 Å². The molecule has 170 valence electrons. The SMILES string of the molecule is CCSNc1cc(-c2cnc3cc(OC)c(C(=O)N4CCCCC4)cn23)cc(F)c1OC. The first-order valence-corrected chi connectivity index (χ1v) is 11.7. The monoisotopic (exact) mass is 458 g/mol. The van der Waals surface area contributed by atoms with Gasteiger partial charge in [0.05, 0.1) is 37.4 Å². The summed E-state index contributed by atoms with van der Waals surface area (Å²) in [6, 6.07) is 4.98. The normalized spacial score (nSPS) is 13.9. The zero-order valence-corrected chi connectivity index (χ0v) is 19.3. The second-order valence-corrected chi connectivity index (χ2v) is 8.62. The number of ether oxygens (including phenoxy) is 2. The van der Waals surface area contributed by atoms with Crippen molar-refractivity contribution in [3.05, 3.63) is 42.0 Å². The Morgan fingerprint density at radius 1 is 1.19 bits per heavy atom. The van der Waals surface area contributed by atoms with Crippen LogP contribution < -0.4 is 14.2 Å². The molecule has 1 amide bonds. The summed E-state index contributed by atoms with van der Waals surface area (Å²) in [6.45, 7) is 3.48. The number of amides is 1. The molecule has 0 atom stereocenters. The van der Waals surface area contributed by atoms with Gasteiger partial charge in [-0.25, -0.2) is 9.37 Å². The van der Waals surface area contributed by atoms with E-state index in [-0.39, 0.29) is 11.7 Å². The van der Waals surface area contributed by atoms with Gasteiger partial charge in [-0.15, -0.1) is 0 Å². The third-order valence-corrected chi connectivity index (χ3v) is 6.23. The number of methoxy groups -OCH3 is 2. The molecule has 32 heavy (non-hydrogen) atoms. The number of fused-ring (bicyclic) bond motifs is 1. The van der Waals surface area contributed by atoms with E-state index in [0.717, 1.165) is 38.1 Å². The third-order valence-electron chi connectivity index (χ3n) is 5.57. The summed E-state index contributed by atoms with van der Waals surface area (Å²) in [5.74, 6) is 0.911. The minimum atomic E-state index is -0.475. The average molecular weight is 459 g/mol. The molecule has 7 nitrogen and oxygen atoms in total. The smallest absolute Gasteiger partial charge is 0.259 e. The van der Waals surface area contributed by atoms with E-state index in [1.54, 1.807) is 30.0 Å². The lowest BCUT2D eigenvalue weighted by atomic mass is 10.1. The number of aromatic nitrogens is 2. The van der Waals surface area contributed by atoms with E-state index in [4.69, 9.17) is 9.47 Å².